The number of benzene rings is 2. The van der Waals surface area contributed by atoms with Crippen LogP contribution in [0.1, 0.15) is 10.5 Å². The number of nitrogen functional groups attached to an aromatic ring is 1. The first-order valence-corrected chi connectivity index (χ1v) is 7.56. The Morgan fingerprint density at radius 2 is 1.76 bits per heavy atom. The van der Waals surface area contributed by atoms with E-state index in [1.165, 1.54) is 0 Å². The summed E-state index contributed by atoms with van der Waals surface area (Å²) >= 11 is 0. The monoisotopic (exact) mass is 338 g/mol. The van der Waals surface area contributed by atoms with Crippen molar-refractivity contribution in [1.29, 1.82) is 0 Å². The van der Waals surface area contributed by atoms with Gasteiger partial charge in [-0.15, -0.1) is 0 Å². The average Bonchev–Trinajstić information content (AvgIpc) is 3.13. The molecule has 0 radical (unpaired) electrons. The first-order valence-electron chi connectivity index (χ1n) is 7.56. The molecule has 0 unspecified atom stereocenters. The number of amides is 1. The third-order valence-corrected chi connectivity index (χ3v) is 3.75. The first kappa shape index (κ1) is 16.5. The summed E-state index contributed by atoms with van der Waals surface area (Å²) in [5, 5.41) is 4.38. The van der Waals surface area contributed by atoms with Crippen LogP contribution in [0.25, 0.3) is 16.9 Å². The van der Waals surface area contributed by atoms with Crippen molar-refractivity contribution in [3.05, 3.63) is 60.3 Å². The SMILES string of the molecule is COc1ccc(-c2cc(C(=O)NN)nn2-c2ccccc2)cc1OC. The maximum atomic E-state index is 11.9. The van der Waals surface area contributed by atoms with Crippen LogP contribution < -0.4 is 20.7 Å². The van der Waals surface area contributed by atoms with Gasteiger partial charge in [0.25, 0.3) is 5.91 Å². The van der Waals surface area contributed by atoms with Crippen LogP contribution in [0.5, 0.6) is 11.5 Å². The fourth-order valence-electron chi connectivity index (χ4n) is 2.53. The highest BCUT2D eigenvalue weighted by Crippen LogP contribution is 2.33. The van der Waals surface area contributed by atoms with Crippen LogP contribution in [-0.4, -0.2) is 29.9 Å². The summed E-state index contributed by atoms with van der Waals surface area (Å²) in [6, 6.07) is 16.7. The molecule has 7 nitrogen and oxygen atoms in total. The van der Waals surface area contributed by atoms with E-state index >= 15 is 0 Å². The Hall–Kier alpha value is -3.32. The standard InChI is InChI=1S/C18H18N4O3/c1-24-16-9-8-12(10-17(16)25-2)15-11-14(18(23)20-19)21-22(15)13-6-4-3-5-7-13/h3-11H,19H2,1-2H3,(H,20,23). The highest BCUT2D eigenvalue weighted by atomic mass is 16.5. The Morgan fingerprint density at radius 3 is 2.40 bits per heavy atom. The van der Waals surface area contributed by atoms with E-state index < -0.39 is 5.91 Å². The number of hydrazine groups is 1. The molecule has 0 atom stereocenters. The van der Waals surface area contributed by atoms with E-state index in [0.29, 0.717) is 11.5 Å². The summed E-state index contributed by atoms with van der Waals surface area (Å²) in [6.45, 7) is 0. The van der Waals surface area contributed by atoms with Crippen LogP contribution in [0.15, 0.2) is 54.6 Å². The number of nitrogens with two attached hydrogens (primary N) is 1. The summed E-state index contributed by atoms with van der Waals surface area (Å²) < 4.78 is 12.3. The molecule has 0 spiro atoms. The van der Waals surface area contributed by atoms with Gasteiger partial charge in [0, 0.05) is 5.56 Å². The second-order valence-corrected chi connectivity index (χ2v) is 5.21. The van der Waals surface area contributed by atoms with Gasteiger partial charge in [0.2, 0.25) is 0 Å². The molecular weight excluding hydrogens is 320 g/mol. The van der Waals surface area contributed by atoms with Gasteiger partial charge in [-0.2, -0.15) is 5.10 Å². The number of aromatic nitrogens is 2. The molecule has 0 aliphatic carbocycles. The van der Waals surface area contributed by atoms with Crippen molar-refractivity contribution in [2.24, 2.45) is 5.84 Å². The van der Waals surface area contributed by atoms with Crippen LogP contribution in [-0.2, 0) is 0 Å². The highest BCUT2D eigenvalue weighted by Gasteiger charge is 2.17. The molecule has 0 saturated heterocycles. The van der Waals surface area contributed by atoms with Crippen LogP contribution in [0.4, 0.5) is 0 Å². The minimum atomic E-state index is -0.462. The van der Waals surface area contributed by atoms with Crippen LogP contribution in [0.2, 0.25) is 0 Å². The van der Waals surface area contributed by atoms with Gasteiger partial charge in [-0.1, -0.05) is 18.2 Å². The minimum absolute atomic E-state index is 0.219. The second-order valence-electron chi connectivity index (χ2n) is 5.21. The lowest BCUT2D eigenvalue weighted by atomic mass is 10.1. The number of carbonyl (C=O) groups excluding carboxylic acids is 1. The summed E-state index contributed by atoms with van der Waals surface area (Å²) in [5.41, 5.74) is 4.70. The highest BCUT2D eigenvalue weighted by molar-refractivity contribution is 5.93. The average molecular weight is 338 g/mol. The number of nitrogens with zero attached hydrogens (tertiary/aromatic N) is 2. The van der Waals surface area contributed by atoms with Gasteiger partial charge in [0.15, 0.2) is 17.2 Å². The number of hydrogen-bond acceptors (Lipinski definition) is 5. The Kier molecular flexibility index (Phi) is 4.67. The third kappa shape index (κ3) is 3.17. The smallest absolute Gasteiger partial charge is 0.285 e. The van der Waals surface area contributed by atoms with E-state index in [0.717, 1.165) is 16.9 Å². The molecule has 1 heterocycles. The van der Waals surface area contributed by atoms with Crippen molar-refractivity contribution in [2.75, 3.05) is 14.2 Å². The Bertz CT molecular complexity index is 891. The number of hydrogen-bond donors (Lipinski definition) is 2. The van der Waals surface area contributed by atoms with Gasteiger partial charge in [-0.05, 0) is 36.4 Å². The molecule has 3 aromatic rings. The molecule has 3 rings (SSSR count). The Balaban J connectivity index is 2.17. The summed E-state index contributed by atoms with van der Waals surface area (Å²) in [6.07, 6.45) is 0. The molecule has 0 aliphatic heterocycles. The van der Waals surface area contributed by atoms with Gasteiger partial charge in [-0.3, -0.25) is 10.2 Å². The van der Waals surface area contributed by atoms with Gasteiger partial charge in [0.05, 0.1) is 25.6 Å². The third-order valence-electron chi connectivity index (χ3n) is 3.75. The summed E-state index contributed by atoms with van der Waals surface area (Å²) in [4.78, 5) is 11.9. The molecule has 25 heavy (non-hydrogen) atoms. The summed E-state index contributed by atoms with van der Waals surface area (Å²) in [7, 11) is 3.15. The fourth-order valence-corrected chi connectivity index (χ4v) is 2.53. The zero-order valence-corrected chi connectivity index (χ0v) is 13.9. The zero-order chi connectivity index (χ0) is 17.8. The molecule has 128 valence electrons. The zero-order valence-electron chi connectivity index (χ0n) is 13.9. The van der Waals surface area contributed by atoms with E-state index in [-0.39, 0.29) is 5.69 Å². The lowest BCUT2D eigenvalue weighted by Gasteiger charge is -2.11. The van der Waals surface area contributed by atoms with E-state index in [9.17, 15) is 4.79 Å². The maximum absolute atomic E-state index is 11.9. The lowest BCUT2D eigenvalue weighted by molar-refractivity contribution is 0.0948. The maximum Gasteiger partial charge on any atom is 0.285 e. The molecule has 2 aromatic carbocycles. The largest absolute Gasteiger partial charge is 0.493 e. The topological polar surface area (TPSA) is 91.4 Å². The molecule has 3 N–H and O–H groups in total. The quantitative estimate of drug-likeness (QED) is 0.423. The van der Waals surface area contributed by atoms with Crippen LogP contribution in [0, 0.1) is 0 Å². The fraction of sp³-hybridized carbons (Fsp3) is 0.111. The number of para-hydroxylation sites is 1. The first-order chi connectivity index (χ1) is 12.2. The van der Waals surface area contributed by atoms with Crippen molar-refractivity contribution < 1.29 is 14.3 Å². The van der Waals surface area contributed by atoms with Crippen LogP contribution in [0.3, 0.4) is 0 Å². The molecule has 1 aromatic heterocycles. The van der Waals surface area contributed by atoms with Crippen molar-refractivity contribution in [2.45, 2.75) is 0 Å². The second kappa shape index (κ2) is 7.06. The number of carbonyl (C=O) groups is 1. The predicted molar refractivity (Wildman–Crippen MR) is 93.8 cm³/mol. The number of rotatable bonds is 5. The molecule has 7 heteroatoms. The Morgan fingerprint density at radius 1 is 1.04 bits per heavy atom. The molecule has 0 aliphatic rings. The van der Waals surface area contributed by atoms with Gasteiger partial charge < -0.3 is 9.47 Å². The van der Waals surface area contributed by atoms with Gasteiger partial charge >= 0.3 is 0 Å². The van der Waals surface area contributed by atoms with E-state index in [1.54, 1.807) is 31.0 Å². The molecule has 0 fully saturated rings. The van der Waals surface area contributed by atoms with E-state index in [4.69, 9.17) is 15.3 Å². The Labute approximate surface area is 144 Å². The number of nitrogens with one attached hydrogen (secondary N) is 1. The molecule has 1 amide bonds. The number of ether oxygens (including phenoxy) is 2. The normalized spacial score (nSPS) is 10.4. The van der Waals surface area contributed by atoms with E-state index in [1.807, 2.05) is 42.5 Å². The summed E-state index contributed by atoms with van der Waals surface area (Å²) in [5.74, 6) is 5.99. The van der Waals surface area contributed by atoms with Crippen molar-refractivity contribution in [3.63, 3.8) is 0 Å². The minimum Gasteiger partial charge on any atom is -0.493 e. The van der Waals surface area contributed by atoms with Gasteiger partial charge in [-0.25, -0.2) is 10.5 Å². The predicted octanol–water partition coefficient (Wildman–Crippen LogP) is 2.16. The van der Waals surface area contributed by atoms with E-state index in [2.05, 4.69) is 10.5 Å². The van der Waals surface area contributed by atoms with Crippen molar-refractivity contribution >= 4 is 5.91 Å². The van der Waals surface area contributed by atoms with Crippen molar-refractivity contribution in [1.82, 2.24) is 15.2 Å². The van der Waals surface area contributed by atoms with Crippen LogP contribution >= 0.6 is 0 Å². The van der Waals surface area contributed by atoms with Crippen molar-refractivity contribution in [3.8, 4) is 28.4 Å². The molecule has 0 saturated carbocycles. The molecule has 0 bridgehead atoms. The number of methoxy groups -OCH3 is 2. The molecular formula is C18H18N4O3. The van der Waals surface area contributed by atoms with Gasteiger partial charge in [0.1, 0.15) is 0 Å². The lowest BCUT2D eigenvalue weighted by Crippen LogP contribution is -2.30.